The van der Waals surface area contributed by atoms with Gasteiger partial charge in [0, 0.05) is 30.8 Å². The number of morpholine rings is 1. The van der Waals surface area contributed by atoms with Gasteiger partial charge in [-0.2, -0.15) is 13.2 Å². The van der Waals surface area contributed by atoms with E-state index in [0.717, 1.165) is 52.1 Å². The number of rotatable bonds is 9. The Hall–Kier alpha value is -3.64. The van der Waals surface area contributed by atoms with Crippen LogP contribution in [-0.2, 0) is 19.2 Å². The smallest absolute Gasteiger partial charge is 0.474 e. The summed E-state index contributed by atoms with van der Waals surface area (Å²) in [5, 5.41) is 3.09. The molecule has 0 bridgehead atoms. The first-order chi connectivity index (χ1) is 18.2. The van der Waals surface area contributed by atoms with Gasteiger partial charge in [-0.3, -0.25) is 9.69 Å². The average molecular weight is 535 g/mol. The number of benzene rings is 2. The minimum Gasteiger partial charge on any atom is -0.474 e. The van der Waals surface area contributed by atoms with Crippen LogP contribution in [0.15, 0.2) is 53.7 Å². The van der Waals surface area contributed by atoms with Crippen molar-refractivity contribution in [2.24, 2.45) is 10.9 Å². The molecule has 9 nitrogen and oxygen atoms in total. The summed E-state index contributed by atoms with van der Waals surface area (Å²) in [6, 6.07) is 13.4. The van der Waals surface area contributed by atoms with Crippen molar-refractivity contribution in [1.29, 1.82) is 0 Å². The Morgan fingerprint density at radius 3 is 2.55 bits per heavy atom. The molecule has 0 aromatic heterocycles. The molecular formula is C26H29F3N4O5. The molecule has 204 valence electrons. The Morgan fingerprint density at radius 1 is 1.05 bits per heavy atom. The van der Waals surface area contributed by atoms with E-state index in [-0.39, 0.29) is 11.5 Å². The monoisotopic (exact) mass is 534 g/mol. The summed E-state index contributed by atoms with van der Waals surface area (Å²) < 4.78 is 48.5. The van der Waals surface area contributed by atoms with Crippen LogP contribution in [0.5, 0.6) is 5.75 Å². The van der Waals surface area contributed by atoms with Crippen LogP contribution in [0.3, 0.4) is 0 Å². The van der Waals surface area contributed by atoms with E-state index < -0.39 is 24.1 Å². The highest BCUT2D eigenvalue weighted by molar-refractivity contribution is 6.01. The fraction of sp³-hybridized carbons (Fsp3) is 0.423. The lowest BCUT2D eigenvalue weighted by atomic mass is 10.0. The van der Waals surface area contributed by atoms with E-state index in [1.165, 1.54) is 12.1 Å². The SMILES string of the molecule is N/C(=N\OC(=O)C(F)(F)F)c1cccc(C2Oc3ccccc3N(CCCCCN3CCOCC3)C2=O)c1. The van der Waals surface area contributed by atoms with E-state index in [0.29, 0.717) is 23.5 Å². The lowest BCUT2D eigenvalue weighted by Gasteiger charge is -2.34. The van der Waals surface area contributed by atoms with Gasteiger partial charge in [-0.05, 0) is 37.6 Å². The van der Waals surface area contributed by atoms with E-state index in [1.54, 1.807) is 23.1 Å². The number of nitrogens with zero attached hydrogens (tertiary/aromatic N) is 3. The zero-order valence-corrected chi connectivity index (χ0v) is 20.7. The largest absolute Gasteiger partial charge is 0.493 e. The summed E-state index contributed by atoms with van der Waals surface area (Å²) in [5.74, 6) is -2.67. The van der Waals surface area contributed by atoms with Crippen LogP contribution < -0.4 is 15.4 Å². The zero-order chi connectivity index (χ0) is 27.1. The first-order valence-electron chi connectivity index (χ1n) is 12.3. The van der Waals surface area contributed by atoms with Crippen molar-refractivity contribution in [2.45, 2.75) is 31.5 Å². The number of fused-ring (bicyclic) bond motifs is 1. The Balaban J connectivity index is 1.44. The molecule has 1 saturated heterocycles. The summed E-state index contributed by atoms with van der Waals surface area (Å²) in [7, 11) is 0. The van der Waals surface area contributed by atoms with Gasteiger partial charge in [-0.15, -0.1) is 0 Å². The first kappa shape index (κ1) is 27.4. The molecule has 2 N–H and O–H groups in total. The Morgan fingerprint density at radius 2 is 1.79 bits per heavy atom. The van der Waals surface area contributed by atoms with Crippen LogP contribution in [0.2, 0.25) is 0 Å². The number of unbranched alkanes of at least 4 members (excludes halogenated alkanes) is 2. The number of oxime groups is 1. The topological polar surface area (TPSA) is 107 Å². The van der Waals surface area contributed by atoms with Gasteiger partial charge >= 0.3 is 12.1 Å². The van der Waals surface area contributed by atoms with Crippen LogP contribution in [0, 0.1) is 0 Å². The number of halogens is 3. The second-order valence-electron chi connectivity index (χ2n) is 8.95. The fourth-order valence-electron chi connectivity index (χ4n) is 4.32. The number of anilines is 1. The van der Waals surface area contributed by atoms with Crippen molar-refractivity contribution < 1.29 is 37.1 Å². The molecule has 1 fully saturated rings. The molecule has 0 aliphatic carbocycles. The normalized spacial score (nSPS) is 18.6. The lowest BCUT2D eigenvalue weighted by molar-refractivity contribution is -0.199. The van der Waals surface area contributed by atoms with E-state index in [1.807, 2.05) is 18.2 Å². The van der Waals surface area contributed by atoms with Crippen LogP contribution in [0.1, 0.15) is 36.5 Å². The molecule has 2 aromatic rings. The predicted molar refractivity (Wildman–Crippen MR) is 133 cm³/mol. The first-order valence-corrected chi connectivity index (χ1v) is 12.3. The van der Waals surface area contributed by atoms with Crippen molar-refractivity contribution >= 4 is 23.4 Å². The van der Waals surface area contributed by atoms with Crippen molar-refractivity contribution in [3.05, 3.63) is 59.7 Å². The van der Waals surface area contributed by atoms with Crippen LogP contribution in [0.4, 0.5) is 18.9 Å². The number of nitrogens with two attached hydrogens (primary N) is 1. The second-order valence-corrected chi connectivity index (χ2v) is 8.95. The van der Waals surface area contributed by atoms with Gasteiger partial charge in [-0.1, -0.05) is 41.9 Å². The highest BCUT2D eigenvalue weighted by atomic mass is 19.4. The third-order valence-electron chi connectivity index (χ3n) is 6.29. The van der Waals surface area contributed by atoms with Gasteiger partial charge in [0.05, 0.1) is 18.9 Å². The lowest BCUT2D eigenvalue weighted by Crippen LogP contribution is -2.41. The number of amidine groups is 1. The van der Waals surface area contributed by atoms with Crippen molar-refractivity contribution in [2.75, 3.05) is 44.3 Å². The predicted octanol–water partition coefficient (Wildman–Crippen LogP) is 3.38. The van der Waals surface area contributed by atoms with Gasteiger partial charge in [0.25, 0.3) is 5.91 Å². The molecule has 2 aliphatic rings. The van der Waals surface area contributed by atoms with E-state index >= 15 is 0 Å². The maximum Gasteiger partial charge on any atom is 0.493 e. The van der Waals surface area contributed by atoms with E-state index in [9.17, 15) is 22.8 Å². The van der Waals surface area contributed by atoms with E-state index in [2.05, 4.69) is 14.9 Å². The van der Waals surface area contributed by atoms with Gasteiger partial charge < -0.3 is 24.9 Å². The molecule has 1 atom stereocenters. The molecule has 0 radical (unpaired) electrons. The van der Waals surface area contributed by atoms with Gasteiger partial charge in [0.15, 0.2) is 5.84 Å². The van der Waals surface area contributed by atoms with Crippen molar-refractivity contribution in [1.82, 2.24) is 4.90 Å². The molecule has 0 saturated carbocycles. The molecule has 4 rings (SSSR count). The minimum absolute atomic E-state index is 0.169. The third kappa shape index (κ3) is 6.81. The maximum absolute atomic E-state index is 13.5. The van der Waals surface area contributed by atoms with E-state index in [4.69, 9.17) is 15.2 Å². The number of para-hydroxylation sites is 2. The maximum atomic E-state index is 13.5. The number of alkyl halides is 3. The fourth-order valence-corrected chi connectivity index (χ4v) is 4.32. The molecule has 0 spiro atoms. The van der Waals surface area contributed by atoms with Crippen molar-refractivity contribution in [3.8, 4) is 5.75 Å². The highest BCUT2D eigenvalue weighted by Gasteiger charge is 2.42. The summed E-state index contributed by atoms with van der Waals surface area (Å²) in [6.07, 6.45) is -3.42. The molecule has 2 heterocycles. The number of hydrogen-bond acceptors (Lipinski definition) is 7. The number of hydrogen-bond donors (Lipinski definition) is 1. The molecule has 2 aliphatic heterocycles. The van der Waals surface area contributed by atoms with Gasteiger partial charge in [-0.25, -0.2) is 4.79 Å². The quantitative estimate of drug-likeness (QED) is 0.173. The zero-order valence-electron chi connectivity index (χ0n) is 20.7. The number of ether oxygens (including phenoxy) is 2. The van der Waals surface area contributed by atoms with Crippen LogP contribution in [0.25, 0.3) is 0 Å². The molecule has 1 amide bonds. The Bertz CT molecular complexity index is 1170. The summed E-state index contributed by atoms with van der Waals surface area (Å²) in [6.45, 7) is 4.91. The summed E-state index contributed by atoms with van der Waals surface area (Å²) >= 11 is 0. The van der Waals surface area contributed by atoms with Gasteiger partial charge in [0.1, 0.15) is 5.75 Å². The minimum atomic E-state index is -5.20. The molecular weight excluding hydrogens is 505 g/mol. The van der Waals surface area contributed by atoms with Crippen LogP contribution in [-0.4, -0.2) is 68.2 Å². The second kappa shape index (κ2) is 12.3. The molecule has 38 heavy (non-hydrogen) atoms. The number of carbonyl (C=O) groups excluding carboxylic acids is 2. The molecule has 1 unspecified atom stereocenters. The number of carbonyl (C=O) groups is 2. The average Bonchev–Trinajstić information content (AvgIpc) is 2.92. The van der Waals surface area contributed by atoms with Gasteiger partial charge in [0.2, 0.25) is 6.10 Å². The molecule has 2 aromatic carbocycles. The number of amides is 1. The highest BCUT2D eigenvalue weighted by Crippen LogP contribution is 2.39. The summed E-state index contributed by atoms with van der Waals surface area (Å²) in [4.78, 5) is 32.4. The molecule has 12 heteroatoms. The van der Waals surface area contributed by atoms with Crippen LogP contribution >= 0.6 is 0 Å². The Labute approximate surface area is 217 Å². The van der Waals surface area contributed by atoms with Crippen molar-refractivity contribution in [3.63, 3.8) is 0 Å². The standard InChI is InChI=1S/C26H29F3N4O5/c27-26(28,29)25(35)38-31-23(30)19-8-6-7-18(17-19)22-24(34)33(20-9-2-3-10-21(20)37-22)12-5-1-4-11-32-13-15-36-16-14-32/h2-3,6-10,17,22H,1,4-5,11-16H2,(H2,30,31). The third-order valence-corrected chi connectivity index (χ3v) is 6.29. The Kier molecular flexibility index (Phi) is 8.85. The summed E-state index contributed by atoms with van der Waals surface area (Å²) in [5.41, 5.74) is 7.01.